The summed E-state index contributed by atoms with van der Waals surface area (Å²) in [6.07, 6.45) is 1.73. The van der Waals surface area contributed by atoms with Gasteiger partial charge in [0.2, 0.25) is 0 Å². The number of nitrogens with zero attached hydrogens (tertiary/aromatic N) is 3. The minimum atomic E-state index is 0.410. The maximum absolute atomic E-state index is 5.54. The molecule has 1 heterocycles. The van der Waals surface area contributed by atoms with Crippen molar-refractivity contribution in [3.8, 4) is 0 Å². The second kappa shape index (κ2) is 5.59. The molecular formula is C12H15N5S. The zero-order valence-corrected chi connectivity index (χ0v) is 10.9. The summed E-state index contributed by atoms with van der Waals surface area (Å²) in [4.78, 5) is 0.410. The van der Waals surface area contributed by atoms with Crippen molar-refractivity contribution in [3.63, 3.8) is 0 Å². The van der Waals surface area contributed by atoms with E-state index in [0.29, 0.717) is 11.5 Å². The molecule has 6 heteroatoms. The Balaban J connectivity index is 2.00. The van der Waals surface area contributed by atoms with E-state index in [1.807, 2.05) is 28.8 Å². The second-order valence-corrected chi connectivity index (χ2v) is 4.27. The molecule has 0 fully saturated rings. The van der Waals surface area contributed by atoms with Crippen LogP contribution in [0.25, 0.3) is 0 Å². The highest BCUT2D eigenvalue weighted by atomic mass is 32.1. The summed E-state index contributed by atoms with van der Waals surface area (Å²) in [5.41, 5.74) is 7.41. The second-order valence-electron chi connectivity index (χ2n) is 3.83. The fourth-order valence-corrected chi connectivity index (χ4v) is 1.75. The SMILES string of the molecule is CCn1cnnc1CNc1ccc(C(N)=S)cc1. The predicted octanol–water partition coefficient (Wildman–Crippen LogP) is 1.54. The summed E-state index contributed by atoms with van der Waals surface area (Å²) in [6.45, 7) is 3.56. The number of benzene rings is 1. The standard InChI is InChI=1S/C12H15N5S/c1-2-17-8-15-16-11(17)7-14-10-5-3-9(4-6-10)12(13)18/h3-6,8,14H,2,7H2,1H3,(H2,13,18). The molecule has 0 unspecified atom stereocenters. The highest BCUT2D eigenvalue weighted by Gasteiger charge is 2.02. The molecule has 0 atom stereocenters. The molecule has 3 N–H and O–H groups in total. The van der Waals surface area contributed by atoms with Crippen LogP contribution in [-0.4, -0.2) is 19.8 Å². The first-order valence-corrected chi connectivity index (χ1v) is 6.12. The van der Waals surface area contributed by atoms with Crippen LogP contribution in [0.3, 0.4) is 0 Å². The maximum Gasteiger partial charge on any atom is 0.152 e. The molecule has 2 aromatic rings. The number of hydrogen-bond donors (Lipinski definition) is 2. The minimum Gasteiger partial charge on any atom is -0.389 e. The Labute approximate surface area is 111 Å². The van der Waals surface area contributed by atoms with Crippen molar-refractivity contribution < 1.29 is 0 Å². The molecule has 5 nitrogen and oxygen atoms in total. The third-order valence-corrected chi connectivity index (χ3v) is 2.89. The number of hydrogen-bond acceptors (Lipinski definition) is 4. The van der Waals surface area contributed by atoms with Crippen LogP contribution in [0.2, 0.25) is 0 Å². The Kier molecular flexibility index (Phi) is 3.88. The number of rotatable bonds is 5. The Bertz CT molecular complexity index is 532. The summed E-state index contributed by atoms with van der Waals surface area (Å²) < 4.78 is 2.00. The van der Waals surface area contributed by atoms with Crippen molar-refractivity contribution in [1.29, 1.82) is 0 Å². The van der Waals surface area contributed by atoms with Crippen molar-refractivity contribution in [2.24, 2.45) is 5.73 Å². The summed E-state index contributed by atoms with van der Waals surface area (Å²) in [5.74, 6) is 0.913. The van der Waals surface area contributed by atoms with Crippen LogP contribution in [-0.2, 0) is 13.1 Å². The highest BCUT2D eigenvalue weighted by molar-refractivity contribution is 7.80. The summed E-state index contributed by atoms with van der Waals surface area (Å²) in [6, 6.07) is 7.69. The zero-order valence-electron chi connectivity index (χ0n) is 10.1. The summed E-state index contributed by atoms with van der Waals surface area (Å²) >= 11 is 4.90. The van der Waals surface area contributed by atoms with Gasteiger partial charge in [-0.05, 0) is 31.2 Å². The highest BCUT2D eigenvalue weighted by Crippen LogP contribution is 2.10. The van der Waals surface area contributed by atoms with Gasteiger partial charge in [-0.15, -0.1) is 10.2 Å². The lowest BCUT2D eigenvalue weighted by Crippen LogP contribution is -2.10. The van der Waals surface area contributed by atoms with Gasteiger partial charge in [0.15, 0.2) is 5.82 Å². The first kappa shape index (κ1) is 12.5. The Morgan fingerprint density at radius 3 is 2.72 bits per heavy atom. The molecule has 2 rings (SSSR count). The lowest BCUT2D eigenvalue weighted by Gasteiger charge is -2.07. The number of nitrogens with one attached hydrogen (secondary N) is 1. The van der Waals surface area contributed by atoms with Crippen molar-refractivity contribution in [2.45, 2.75) is 20.0 Å². The molecule has 0 saturated carbocycles. The predicted molar refractivity (Wildman–Crippen MR) is 75.4 cm³/mol. The molecule has 0 aliphatic heterocycles. The fourth-order valence-electron chi connectivity index (χ4n) is 1.61. The molecule has 0 radical (unpaired) electrons. The Morgan fingerprint density at radius 2 is 2.11 bits per heavy atom. The Hall–Kier alpha value is -1.95. The normalized spacial score (nSPS) is 10.3. The van der Waals surface area contributed by atoms with Gasteiger partial charge in [-0.3, -0.25) is 0 Å². The van der Waals surface area contributed by atoms with Gasteiger partial charge in [0, 0.05) is 17.8 Å². The first-order valence-electron chi connectivity index (χ1n) is 5.71. The van der Waals surface area contributed by atoms with Gasteiger partial charge in [-0.25, -0.2) is 0 Å². The van der Waals surface area contributed by atoms with Gasteiger partial charge < -0.3 is 15.6 Å². The number of nitrogens with two attached hydrogens (primary N) is 1. The smallest absolute Gasteiger partial charge is 0.152 e. The summed E-state index contributed by atoms with van der Waals surface area (Å²) in [7, 11) is 0. The van der Waals surface area contributed by atoms with Gasteiger partial charge in [0.1, 0.15) is 11.3 Å². The van der Waals surface area contributed by atoms with E-state index in [9.17, 15) is 0 Å². The van der Waals surface area contributed by atoms with E-state index >= 15 is 0 Å². The van der Waals surface area contributed by atoms with E-state index in [-0.39, 0.29) is 0 Å². The lowest BCUT2D eigenvalue weighted by molar-refractivity contribution is 0.708. The molecule has 18 heavy (non-hydrogen) atoms. The van der Waals surface area contributed by atoms with Crippen molar-refractivity contribution in [2.75, 3.05) is 5.32 Å². The molecule has 0 bridgehead atoms. The molecule has 0 amide bonds. The minimum absolute atomic E-state index is 0.410. The van der Waals surface area contributed by atoms with E-state index in [1.54, 1.807) is 6.33 Å². The average Bonchev–Trinajstić information content (AvgIpc) is 2.84. The monoisotopic (exact) mass is 261 g/mol. The van der Waals surface area contributed by atoms with E-state index in [1.165, 1.54) is 0 Å². The van der Waals surface area contributed by atoms with Crippen LogP contribution in [0.4, 0.5) is 5.69 Å². The zero-order chi connectivity index (χ0) is 13.0. The van der Waals surface area contributed by atoms with Crippen LogP contribution >= 0.6 is 12.2 Å². The lowest BCUT2D eigenvalue weighted by atomic mass is 10.2. The van der Waals surface area contributed by atoms with Gasteiger partial charge in [-0.2, -0.15) is 0 Å². The molecule has 94 valence electrons. The third-order valence-electron chi connectivity index (χ3n) is 2.66. The third kappa shape index (κ3) is 2.84. The maximum atomic E-state index is 5.54. The Morgan fingerprint density at radius 1 is 1.39 bits per heavy atom. The topological polar surface area (TPSA) is 68.8 Å². The van der Waals surface area contributed by atoms with Crippen LogP contribution in [0.15, 0.2) is 30.6 Å². The molecule has 0 spiro atoms. The molecular weight excluding hydrogens is 246 g/mol. The van der Waals surface area contributed by atoms with Crippen molar-refractivity contribution >= 4 is 22.9 Å². The van der Waals surface area contributed by atoms with E-state index < -0.39 is 0 Å². The quantitative estimate of drug-likeness (QED) is 0.799. The number of aryl methyl sites for hydroxylation is 1. The number of thiocarbonyl (C=S) groups is 1. The molecule has 0 aliphatic carbocycles. The van der Waals surface area contributed by atoms with Crippen LogP contribution in [0.1, 0.15) is 18.3 Å². The summed E-state index contributed by atoms with van der Waals surface area (Å²) in [5, 5.41) is 11.2. The van der Waals surface area contributed by atoms with Crippen LogP contribution in [0.5, 0.6) is 0 Å². The average molecular weight is 261 g/mol. The van der Waals surface area contributed by atoms with Gasteiger partial charge in [-0.1, -0.05) is 12.2 Å². The van der Waals surface area contributed by atoms with Crippen LogP contribution in [0, 0.1) is 0 Å². The van der Waals surface area contributed by atoms with Gasteiger partial charge in [0.05, 0.1) is 6.54 Å². The van der Waals surface area contributed by atoms with Crippen molar-refractivity contribution in [3.05, 3.63) is 42.0 Å². The largest absolute Gasteiger partial charge is 0.389 e. The molecule has 1 aromatic carbocycles. The first-order chi connectivity index (χ1) is 8.70. The fraction of sp³-hybridized carbons (Fsp3) is 0.250. The number of anilines is 1. The molecule has 0 aliphatic rings. The van der Waals surface area contributed by atoms with Crippen molar-refractivity contribution in [1.82, 2.24) is 14.8 Å². The molecule has 0 saturated heterocycles. The van der Waals surface area contributed by atoms with E-state index in [0.717, 1.165) is 23.6 Å². The van der Waals surface area contributed by atoms with Gasteiger partial charge in [0.25, 0.3) is 0 Å². The van der Waals surface area contributed by atoms with Gasteiger partial charge >= 0.3 is 0 Å². The molecule has 1 aromatic heterocycles. The number of aromatic nitrogens is 3. The van der Waals surface area contributed by atoms with E-state index in [4.69, 9.17) is 18.0 Å². The van der Waals surface area contributed by atoms with Crippen LogP contribution < -0.4 is 11.1 Å². The van der Waals surface area contributed by atoms with E-state index in [2.05, 4.69) is 22.4 Å².